The van der Waals surface area contributed by atoms with Gasteiger partial charge in [0, 0.05) is 31.9 Å². The molecule has 0 aliphatic carbocycles. The lowest BCUT2D eigenvalue weighted by atomic mass is 9.90. The van der Waals surface area contributed by atoms with Crippen molar-refractivity contribution in [3.63, 3.8) is 0 Å². The summed E-state index contributed by atoms with van der Waals surface area (Å²) >= 11 is 0. The summed E-state index contributed by atoms with van der Waals surface area (Å²) in [6, 6.07) is 5.48. The Hall–Kier alpha value is -2.03. The minimum absolute atomic E-state index is 0. The first-order valence-corrected chi connectivity index (χ1v) is 9.83. The molecule has 2 aromatic rings. The van der Waals surface area contributed by atoms with Crippen LogP contribution in [-0.4, -0.2) is 53.3 Å². The number of hydrogen-bond donors (Lipinski definition) is 1. The molecular weight excluding hydrogens is 399 g/mol. The van der Waals surface area contributed by atoms with E-state index in [1.54, 1.807) is 12.1 Å². The van der Waals surface area contributed by atoms with Crippen molar-refractivity contribution in [2.45, 2.75) is 37.6 Å². The average Bonchev–Trinajstić information content (AvgIpc) is 3.24. The van der Waals surface area contributed by atoms with Crippen LogP contribution < -0.4 is 5.73 Å². The van der Waals surface area contributed by atoms with E-state index in [0.29, 0.717) is 43.6 Å². The number of rotatable bonds is 4. The Morgan fingerprint density at radius 3 is 2.66 bits per heavy atom. The molecule has 0 bridgehead atoms. The van der Waals surface area contributed by atoms with Crippen molar-refractivity contribution in [1.82, 2.24) is 15.0 Å². The maximum Gasteiger partial charge on any atom is 0.239 e. The molecule has 2 fully saturated rings. The topological polar surface area (TPSA) is 94.5 Å². The minimum Gasteiger partial charge on any atom is -0.381 e. The van der Waals surface area contributed by atoms with Crippen LogP contribution in [0, 0.1) is 11.7 Å². The van der Waals surface area contributed by atoms with E-state index in [9.17, 15) is 9.18 Å². The molecule has 2 saturated heterocycles. The van der Waals surface area contributed by atoms with E-state index in [-0.39, 0.29) is 36.0 Å². The number of nitrogens with zero attached hydrogens (tertiary/aromatic N) is 3. The van der Waals surface area contributed by atoms with E-state index >= 15 is 0 Å². The van der Waals surface area contributed by atoms with Crippen molar-refractivity contribution in [3.8, 4) is 11.4 Å². The number of likely N-dealkylation sites (tertiary alicyclic amines) is 1. The van der Waals surface area contributed by atoms with Gasteiger partial charge in [-0.15, -0.1) is 12.4 Å². The second-order valence-corrected chi connectivity index (χ2v) is 7.56. The number of aromatic nitrogens is 2. The first-order valence-electron chi connectivity index (χ1n) is 9.83. The standard InChI is InChI=1S/C20H25FN4O3.ClH/c21-16-5-3-14(4-6-16)18-23-19(28-24-18)15-2-1-9-25(12-15)20(26)17(22)13-7-10-27-11-8-13;/h3-6,13,15,17H,1-2,7-12,22H2;1H. The van der Waals surface area contributed by atoms with E-state index in [1.165, 1.54) is 12.1 Å². The van der Waals surface area contributed by atoms with Crippen molar-refractivity contribution < 1.29 is 18.4 Å². The number of ether oxygens (including phenoxy) is 1. The Balaban J connectivity index is 0.00000240. The lowest BCUT2D eigenvalue weighted by Crippen LogP contribution is -2.51. The van der Waals surface area contributed by atoms with Crippen LogP contribution in [0.4, 0.5) is 4.39 Å². The zero-order valence-corrected chi connectivity index (χ0v) is 16.9. The molecule has 3 heterocycles. The number of piperidine rings is 1. The Labute approximate surface area is 175 Å². The number of amides is 1. The first kappa shape index (κ1) is 21.7. The SMILES string of the molecule is Cl.NC(C(=O)N1CCCC(c2nc(-c3ccc(F)cc3)no2)C1)C1CCOCC1. The van der Waals surface area contributed by atoms with Gasteiger partial charge in [-0.2, -0.15) is 4.98 Å². The summed E-state index contributed by atoms with van der Waals surface area (Å²) in [4.78, 5) is 19.2. The lowest BCUT2D eigenvalue weighted by molar-refractivity contribution is -0.136. The Morgan fingerprint density at radius 1 is 1.21 bits per heavy atom. The normalized spacial score (nSPS) is 21.4. The number of carbonyl (C=O) groups excluding carboxylic acids is 1. The Morgan fingerprint density at radius 2 is 1.93 bits per heavy atom. The molecule has 4 rings (SSSR count). The number of hydrogen-bond acceptors (Lipinski definition) is 6. The molecule has 7 nitrogen and oxygen atoms in total. The van der Waals surface area contributed by atoms with Crippen molar-refractivity contribution in [1.29, 1.82) is 0 Å². The van der Waals surface area contributed by atoms with Crippen LogP contribution in [-0.2, 0) is 9.53 Å². The number of benzene rings is 1. The summed E-state index contributed by atoms with van der Waals surface area (Å²) in [7, 11) is 0. The van der Waals surface area contributed by atoms with E-state index in [0.717, 1.165) is 25.7 Å². The summed E-state index contributed by atoms with van der Waals surface area (Å²) in [6.45, 7) is 2.57. The maximum absolute atomic E-state index is 13.1. The van der Waals surface area contributed by atoms with Gasteiger partial charge >= 0.3 is 0 Å². The third-order valence-electron chi connectivity index (χ3n) is 5.69. The molecular formula is C20H26ClFN4O3. The van der Waals surface area contributed by atoms with Crippen LogP contribution >= 0.6 is 12.4 Å². The van der Waals surface area contributed by atoms with Crippen LogP contribution in [0.2, 0.25) is 0 Å². The Kier molecular flexibility index (Phi) is 7.21. The van der Waals surface area contributed by atoms with Gasteiger partial charge in [0.1, 0.15) is 5.82 Å². The molecule has 0 saturated carbocycles. The highest BCUT2D eigenvalue weighted by Gasteiger charge is 2.34. The van der Waals surface area contributed by atoms with E-state index < -0.39 is 6.04 Å². The molecule has 1 aromatic heterocycles. The van der Waals surface area contributed by atoms with E-state index in [4.69, 9.17) is 15.0 Å². The van der Waals surface area contributed by atoms with E-state index in [1.807, 2.05) is 4.90 Å². The van der Waals surface area contributed by atoms with Crippen molar-refractivity contribution in [3.05, 3.63) is 36.0 Å². The van der Waals surface area contributed by atoms with Gasteiger partial charge in [0.05, 0.1) is 12.0 Å². The largest absolute Gasteiger partial charge is 0.381 e. The second kappa shape index (κ2) is 9.65. The zero-order chi connectivity index (χ0) is 19.5. The highest BCUT2D eigenvalue weighted by atomic mass is 35.5. The number of carbonyl (C=O) groups is 1. The van der Waals surface area contributed by atoms with Gasteiger partial charge in [0.25, 0.3) is 0 Å². The molecule has 1 aromatic carbocycles. The molecule has 2 aliphatic rings. The summed E-state index contributed by atoms with van der Waals surface area (Å²) < 4.78 is 23.9. The Bertz CT molecular complexity index is 810. The maximum atomic E-state index is 13.1. The van der Waals surface area contributed by atoms with Crippen LogP contribution in [0.5, 0.6) is 0 Å². The van der Waals surface area contributed by atoms with Crippen molar-refractivity contribution in [2.24, 2.45) is 11.7 Å². The molecule has 1 amide bonds. The fourth-order valence-electron chi connectivity index (χ4n) is 3.98. The van der Waals surface area contributed by atoms with Crippen molar-refractivity contribution >= 4 is 18.3 Å². The summed E-state index contributed by atoms with van der Waals surface area (Å²) in [5.41, 5.74) is 6.97. The van der Waals surface area contributed by atoms with E-state index in [2.05, 4.69) is 10.1 Å². The monoisotopic (exact) mass is 424 g/mol. The molecule has 0 spiro atoms. The molecule has 2 unspecified atom stereocenters. The predicted octanol–water partition coefficient (Wildman–Crippen LogP) is 2.76. The summed E-state index contributed by atoms with van der Waals surface area (Å²) in [5.74, 6) is 0.787. The fraction of sp³-hybridized carbons (Fsp3) is 0.550. The molecule has 2 aliphatic heterocycles. The van der Waals surface area contributed by atoms with Gasteiger partial charge in [0.15, 0.2) is 0 Å². The van der Waals surface area contributed by atoms with Gasteiger partial charge in [-0.1, -0.05) is 5.16 Å². The fourth-order valence-corrected chi connectivity index (χ4v) is 3.98. The van der Waals surface area contributed by atoms with Gasteiger partial charge in [-0.3, -0.25) is 4.79 Å². The summed E-state index contributed by atoms with van der Waals surface area (Å²) in [5, 5.41) is 4.02. The quantitative estimate of drug-likeness (QED) is 0.810. The molecule has 158 valence electrons. The van der Waals surface area contributed by atoms with Gasteiger partial charge in [-0.05, 0) is 55.9 Å². The van der Waals surface area contributed by atoms with Crippen molar-refractivity contribution in [2.75, 3.05) is 26.3 Å². The van der Waals surface area contributed by atoms with Gasteiger partial charge in [0.2, 0.25) is 17.6 Å². The highest BCUT2D eigenvalue weighted by Crippen LogP contribution is 2.29. The molecule has 29 heavy (non-hydrogen) atoms. The number of halogens is 2. The molecule has 2 N–H and O–H groups in total. The third kappa shape index (κ3) is 4.94. The minimum atomic E-state index is -0.486. The molecule has 9 heteroatoms. The lowest BCUT2D eigenvalue weighted by Gasteiger charge is -2.35. The highest BCUT2D eigenvalue weighted by molar-refractivity contribution is 5.85. The smallest absolute Gasteiger partial charge is 0.239 e. The van der Waals surface area contributed by atoms with Crippen LogP contribution in [0.25, 0.3) is 11.4 Å². The third-order valence-corrected chi connectivity index (χ3v) is 5.69. The van der Waals surface area contributed by atoms with Crippen LogP contribution in [0.15, 0.2) is 28.8 Å². The van der Waals surface area contributed by atoms with Crippen LogP contribution in [0.3, 0.4) is 0 Å². The average molecular weight is 425 g/mol. The molecule has 2 atom stereocenters. The zero-order valence-electron chi connectivity index (χ0n) is 16.1. The van der Waals surface area contributed by atoms with Crippen LogP contribution in [0.1, 0.15) is 37.5 Å². The second-order valence-electron chi connectivity index (χ2n) is 7.56. The first-order chi connectivity index (χ1) is 13.6. The van der Waals surface area contributed by atoms with Gasteiger partial charge in [-0.25, -0.2) is 4.39 Å². The number of nitrogens with two attached hydrogens (primary N) is 1. The summed E-state index contributed by atoms with van der Waals surface area (Å²) in [6.07, 6.45) is 3.40. The molecule has 0 radical (unpaired) electrons. The predicted molar refractivity (Wildman–Crippen MR) is 107 cm³/mol. The van der Waals surface area contributed by atoms with Gasteiger partial charge < -0.3 is 19.9 Å².